The third-order valence-electron chi connectivity index (χ3n) is 4.24. The molecule has 0 spiro atoms. The molecule has 5 nitrogen and oxygen atoms in total. The zero-order valence-electron chi connectivity index (χ0n) is 16.2. The van der Waals surface area contributed by atoms with E-state index in [0.717, 1.165) is 28.2 Å². The van der Waals surface area contributed by atoms with Crippen LogP contribution in [0.4, 0.5) is 10.5 Å². The van der Waals surface area contributed by atoms with Crippen molar-refractivity contribution in [2.24, 2.45) is 0 Å². The summed E-state index contributed by atoms with van der Waals surface area (Å²) in [4.78, 5) is 12.2. The Morgan fingerprint density at radius 2 is 1.93 bits per heavy atom. The number of anilines is 1. The van der Waals surface area contributed by atoms with Crippen molar-refractivity contribution in [3.63, 3.8) is 0 Å². The van der Waals surface area contributed by atoms with E-state index in [2.05, 4.69) is 5.32 Å². The lowest BCUT2D eigenvalue weighted by Gasteiger charge is -2.28. The van der Waals surface area contributed by atoms with E-state index in [1.54, 1.807) is 0 Å². The van der Waals surface area contributed by atoms with Gasteiger partial charge in [0.1, 0.15) is 23.7 Å². The quantitative estimate of drug-likeness (QED) is 0.776. The molecule has 1 aliphatic rings. The number of amides is 1. The summed E-state index contributed by atoms with van der Waals surface area (Å²) in [6.07, 6.45) is 3.51. The zero-order valence-corrected chi connectivity index (χ0v) is 16.2. The maximum absolute atomic E-state index is 12.2. The van der Waals surface area contributed by atoms with Crippen LogP contribution in [0.15, 0.2) is 42.5 Å². The van der Waals surface area contributed by atoms with Crippen molar-refractivity contribution in [2.45, 2.75) is 39.9 Å². The van der Waals surface area contributed by atoms with E-state index in [1.165, 1.54) is 0 Å². The van der Waals surface area contributed by atoms with Gasteiger partial charge in [-0.1, -0.05) is 18.2 Å². The molecule has 0 saturated heterocycles. The van der Waals surface area contributed by atoms with E-state index in [0.29, 0.717) is 12.3 Å². The third kappa shape index (κ3) is 4.82. The second-order valence-corrected chi connectivity index (χ2v) is 7.02. The topological polar surface area (TPSA) is 56.8 Å². The lowest BCUT2D eigenvalue weighted by Crippen LogP contribution is -2.27. The molecule has 0 fully saturated rings. The number of nitrogens with one attached hydrogen (secondary N) is 1. The average molecular weight is 367 g/mol. The zero-order chi connectivity index (χ0) is 19.4. The van der Waals surface area contributed by atoms with Gasteiger partial charge in [-0.15, -0.1) is 0 Å². The Morgan fingerprint density at radius 1 is 1.19 bits per heavy atom. The van der Waals surface area contributed by atoms with Crippen LogP contribution in [0.1, 0.15) is 37.5 Å². The maximum Gasteiger partial charge on any atom is 0.411 e. The van der Waals surface area contributed by atoms with Gasteiger partial charge in [-0.2, -0.15) is 0 Å². The highest BCUT2D eigenvalue weighted by atomic mass is 16.5. The molecule has 1 aliphatic heterocycles. The highest BCUT2D eigenvalue weighted by Gasteiger charge is 2.22. The number of ether oxygens (including phenoxy) is 3. The summed E-state index contributed by atoms with van der Waals surface area (Å²) < 4.78 is 16.7. The summed E-state index contributed by atoms with van der Waals surface area (Å²) in [5, 5.41) is 2.81. The minimum absolute atomic E-state index is 0.194. The standard InChI is InChI=1S/C22H25NO4/c1-5-25-18-8-6-16(7-9-18)14-26-21(24)23-19-13-17-10-11-22(3,4)27-20(17)12-15(19)2/h6-13H,5,14H2,1-4H3,(H,23,24). The van der Waals surface area contributed by atoms with E-state index in [4.69, 9.17) is 14.2 Å². The summed E-state index contributed by atoms with van der Waals surface area (Å²) in [6.45, 7) is 8.69. The van der Waals surface area contributed by atoms with Crippen LogP contribution >= 0.6 is 0 Å². The van der Waals surface area contributed by atoms with Crippen LogP contribution < -0.4 is 14.8 Å². The molecular weight excluding hydrogens is 342 g/mol. The van der Waals surface area contributed by atoms with E-state index < -0.39 is 6.09 Å². The van der Waals surface area contributed by atoms with E-state index in [9.17, 15) is 4.79 Å². The van der Waals surface area contributed by atoms with Gasteiger partial charge < -0.3 is 14.2 Å². The number of carbonyl (C=O) groups excluding carboxylic acids is 1. The number of fused-ring (bicyclic) bond motifs is 1. The van der Waals surface area contributed by atoms with Gasteiger partial charge in [0.15, 0.2) is 0 Å². The predicted molar refractivity (Wildman–Crippen MR) is 106 cm³/mol. The molecule has 0 aliphatic carbocycles. The molecule has 0 bridgehead atoms. The Hall–Kier alpha value is -2.95. The SMILES string of the molecule is CCOc1ccc(COC(=O)Nc2cc3c(cc2C)OC(C)(C)C=C3)cc1. The summed E-state index contributed by atoms with van der Waals surface area (Å²) in [5.74, 6) is 1.61. The highest BCUT2D eigenvalue weighted by molar-refractivity contribution is 5.87. The van der Waals surface area contributed by atoms with Crippen LogP contribution in [0.25, 0.3) is 6.08 Å². The van der Waals surface area contributed by atoms with E-state index in [-0.39, 0.29) is 12.2 Å². The van der Waals surface area contributed by atoms with E-state index >= 15 is 0 Å². The van der Waals surface area contributed by atoms with Gasteiger partial charge in [-0.05, 0) is 69.2 Å². The van der Waals surface area contributed by atoms with Crippen molar-refractivity contribution < 1.29 is 19.0 Å². The Morgan fingerprint density at radius 3 is 2.63 bits per heavy atom. The van der Waals surface area contributed by atoms with Crippen molar-refractivity contribution in [2.75, 3.05) is 11.9 Å². The Kier molecular flexibility index (Phi) is 5.40. The number of hydrogen-bond donors (Lipinski definition) is 1. The Bertz CT molecular complexity index is 853. The third-order valence-corrected chi connectivity index (χ3v) is 4.24. The summed E-state index contributed by atoms with van der Waals surface area (Å²) in [6, 6.07) is 11.3. The molecule has 142 valence electrons. The fraction of sp³-hybridized carbons (Fsp3) is 0.318. The van der Waals surface area contributed by atoms with Gasteiger partial charge in [-0.3, -0.25) is 5.32 Å². The smallest absolute Gasteiger partial charge is 0.411 e. The highest BCUT2D eigenvalue weighted by Crippen LogP contribution is 2.34. The first-order chi connectivity index (χ1) is 12.9. The van der Waals surface area contributed by atoms with Crippen molar-refractivity contribution >= 4 is 17.9 Å². The van der Waals surface area contributed by atoms with Crippen LogP contribution in [0.5, 0.6) is 11.5 Å². The molecule has 0 unspecified atom stereocenters. The van der Waals surface area contributed by atoms with Gasteiger partial charge in [0.2, 0.25) is 0 Å². The van der Waals surface area contributed by atoms with Gasteiger partial charge in [0, 0.05) is 11.3 Å². The molecule has 2 aromatic rings. The largest absolute Gasteiger partial charge is 0.494 e. The fourth-order valence-corrected chi connectivity index (χ4v) is 2.80. The molecule has 2 aromatic carbocycles. The van der Waals surface area contributed by atoms with E-state index in [1.807, 2.05) is 76.2 Å². The fourth-order valence-electron chi connectivity index (χ4n) is 2.80. The van der Waals surface area contributed by atoms with Crippen molar-refractivity contribution in [1.29, 1.82) is 0 Å². The van der Waals surface area contributed by atoms with Gasteiger partial charge in [0.05, 0.1) is 6.61 Å². The molecule has 0 atom stereocenters. The Balaban J connectivity index is 1.61. The number of hydrogen-bond acceptors (Lipinski definition) is 4. The number of aryl methyl sites for hydroxylation is 1. The molecule has 0 aromatic heterocycles. The average Bonchev–Trinajstić information content (AvgIpc) is 2.62. The van der Waals surface area contributed by atoms with Crippen molar-refractivity contribution in [3.8, 4) is 11.5 Å². The molecular formula is C22H25NO4. The van der Waals surface area contributed by atoms with Crippen LogP contribution in [0.2, 0.25) is 0 Å². The van der Waals surface area contributed by atoms with Crippen LogP contribution in [0.3, 0.4) is 0 Å². The lowest BCUT2D eigenvalue weighted by atomic mass is 10.0. The first kappa shape index (κ1) is 18.8. The normalized spacial score (nSPS) is 14.1. The molecule has 0 saturated carbocycles. The molecule has 1 amide bonds. The number of rotatable bonds is 5. The second kappa shape index (κ2) is 7.74. The maximum atomic E-state index is 12.2. The molecule has 5 heteroatoms. The molecule has 0 radical (unpaired) electrons. The van der Waals surface area contributed by atoms with Crippen LogP contribution in [-0.2, 0) is 11.3 Å². The Labute approximate surface area is 159 Å². The minimum atomic E-state index is -0.493. The molecule has 1 heterocycles. The lowest BCUT2D eigenvalue weighted by molar-refractivity contribution is 0.154. The second-order valence-electron chi connectivity index (χ2n) is 7.02. The first-order valence-corrected chi connectivity index (χ1v) is 9.05. The first-order valence-electron chi connectivity index (χ1n) is 9.05. The van der Waals surface area contributed by atoms with Crippen LogP contribution in [-0.4, -0.2) is 18.3 Å². The van der Waals surface area contributed by atoms with Crippen LogP contribution in [0, 0.1) is 6.92 Å². The minimum Gasteiger partial charge on any atom is -0.494 e. The summed E-state index contributed by atoms with van der Waals surface area (Å²) in [5.41, 5.74) is 3.12. The summed E-state index contributed by atoms with van der Waals surface area (Å²) in [7, 11) is 0. The number of benzene rings is 2. The predicted octanol–water partition coefficient (Wildman–Crippen LogP) is 5.33. The molecule has 27 heavy (non-hydrogen) atoms. The van der Waals surface area contributed by atoms with Gasteiger partial charge in [0.25, 0.3) is 0 Å². The van der Waals surface area contributed by atoms with Crippen molar-refractivity contribution in [3.05, 3.63) is 59.2 Å². The molecule has 3 rings (SSSR count). The number of carbonyl (C=O) groups is 1. The van der Waals surface area contributed by atoms with Gasteiger partial charge in [-0.25, -0.2) is 4.79 Å². The summed E-state index contributed by atoms with van der Waals surface area (Å²) >= 11 is 0. The van der Waals surface area contributed by atoms with Crippen molar-refractivity contribution in [1.82, 2.24) is 0 Å². The van der Waals surface area contributed by atoms with Gasteiger partial charge >= 0.3 is 6.09 Å². The monoisotopic (exact) mass is 367 g/mol. The molecule has 1 N–H and O–H groups in total.